The molecule has 0 aromatic carbocycles. The molecule has 0 fully saturated rings. The molecule has 29 heavy (non-hydrogen) atoms. The van der Waals surface area contributed by atoms with E-state index in [1.807, 2.05) is 0 Å². The molecule has 0 aliphatic rings. The van der Waals surface area contributed by atoms with E-state index in [0.29, 0.717) is 44.5 Å². The van der Waals surface area contributed by atoms with Crippen molar-refractivity contribution in [2.75, 3.05) is 24.3 Å². The summed E-state index contributed by atoms with van der Waals surface area (Å²) in [6, 6.07) is 1.64. The highest BCUT2D eigenvalue weighted by atomic mass is 127. The lowest BCUT2D eigenvalue weighted by Gasteiger charge is -2.12. The number of methoxy groups -OCH3 is 1. The Kier molecular flexibility index (Phi) is 6.90. The summed E-state index contributed by atoms with van der Waals surface area (Å²) < 4.78 is 7.76. The third-order valence-corrected chi connectivity index (χ3v) is 4.97. The van der Waals surface area contributed by atoms with Gasteiger partial charge in [-0.05, 0) is 29.0 Å². The van der Waals surface area contributed by atoms with Crippen molar-refractivity contribution in [1.82, 2.24) is 24.7 Å². The van der Waals surface area contributed by atoms with Gasteiger partial charge in [0.05, 0.1) is 13.7 Å². The third-order valence-electron chi connectivity index (χ3n) is 4.04. The molecule has 0 aliphatic carbocycles. The molecule has 3 N–H and O–H groups in total. The second-order valence-electron chi connectivity index (χ2n) is 6.07. The van der Waals surface area contributed by atoms with Crippen molar-refractivity contribution in [3.8, 4) is 5.75 Å². The average molecular weight is 532 g/mol. The van der Waals surface area contributed by atoms with Gasteiger partial charge in [-0.3, -0.25) is 10.00 Å². The first-order valence-electron chi connectivity index (χ1n) is 8.79. The van der Waals surface area contributed by atoms with Crippen LogP contribution in [0.15, 0.2) is 12.3 Å². The summed E-state index contributed by atoms with van der Waals surface area (Å²) in [7, 11) is 1.56. The highest BCUT2D eigenvalue weighted by Crippen LogP contribution is 2.29. The van der Waals surface area contributed by atoms with E-state index in [4.69, 9.17) is 21.4 Å². The standard InChI is InChI=1S/C17H19ClIN7O3/c1-3-4-5-20-15-13-12(22-16(23-15)24-17(27)28)14(19)25-26(13)8-9-7-21-11(18)6-10(9)29-2/h6-7H,3-5,8H2,1-2H3,(H,27,28)(H2,20,22,23,24). The van der Waals surface area contributed by atoms with E-state index in [1.165, 1.54) is 0 Å². The molecule has 0 spiro atoms. The minimum atomic E-state index is -1.23. The van der Waals surface area contributed by atoms with Crippen LogP contribution in [-0.2, 0) is 6.54 Å². The third kappa shape index (κ3) is 4.96. The van der Waals surface area contributed by atoms with Crippen molar-refractivity contribution in [1.29, 1.82) is 0 Å². The van der Waals surface area contributed by atoms with Gasteiger partial charge in [-0.1, -0.05) is 24.9 Å². The number of carboxylic acid groups (broad SMARTS) is 1. The minimum absolute atomic E-state index is 0.00722. The number of nitrogens with zero attached hydrogens (tertiary/aromatic N) is 5. The molecule has 10 nitrogen and oxygen atoms in total. The van der Waals surface area contributed by atoms with Crippen molar-refractivity contribution in [2.24, 2.45) is 0 Å². The minimum Gasteiger partial charge on any atom is -0.496 e. The predicted octanol–water partition coefficient (Wildman–Crippen LogP) is 3.84. The van der Waals surface area contributed by atoms with Crippen LogP contribution >= 0.6 is 34.2 Å². The summed E-state index contributed by atoms with van der Waals surface area (Å²) in [6.07, 6.45) is 2.34. The molecule has 3 aromatic heterocycles. The van der Waals surface area contributed by atoms with Gasteiger partial charge in [0.15, 0.2) is 5.82 Å². The molecule has 1 amide bonds. The SMILES string of the molecule is CCCCNc1nc(NC(=O)O)nc2c(I)nn(Cc3cnc(Cl)cc3OC)c12. The van der Waals surface area contributed by atoms with Crippen molar-refractivity contribution in [3.63, 3.8) is 0 Å². The number of rotatable bonds is 8. The Labute approximate surface area is 185 Å². The van der Waals surface area contributed by atoms with Crippen molar-refractivity contribution in [3.05, 3.63) is 26.7 Å². The number of unbranched alkanes of at least 4 members (excludes halogenated alkanes) is 1. The number of pyridine rings is 1. The molecule has 154 valence electrons. The van der Waals surface area contributed by atoms with Crippen LogP contribution in [0.2, 0.25) is 5.15 Å². The molecular weight excluding hydrogens is 513 g/mol. The highest BCUT2D eigenvalue weighted by Gasteiger charge is 2.19. The van der Waals surface area contributed by atoms with Gasteiger partial charge in [0.1, 0.15) is 25.6 Å². The molecule has 12 heteroatoms. The molecule has 3 heterocycles. The molecule has 0 unspecified atom stereocenters. The lowest BCUT2D eigenvalue weighted by molar-refractivity contribution is 0.209. The summed E-state index contributed by atoms with van der Waals surface area (Å²) in [5.74, 6) is 1.09. The van der Waals surface area contributed by atoms with Gasteiger partial charge < -0.3 is 15.2 Å². The maximum Gasteiger partial charge on any atom is 0.411 e. The summed E-state index contributed by atoms with van der Waals surface area (Å²) in [5.41, 5.74) is 1.99. The Balaban J connectivity index is 2.09. The largest absolute Gasteiger partial charge is 0.496 e. The first-order valence-corrected chi connectivity index (χ1v) is 10.2. The molecule has 0 aliphatic heterocycles. The second kappa shape index (κ2) is 9.39. The van der Waals surface area contributed by atoms with Crippen LogP contribution in [0.25, 0.3) is 11.0 Å². The van der Waals surface area contributed by atoms with E-state index in [-0.39, 0.29) is 5.95 Å². The Morgan fingerprint density at radius 2 is 2.21 bits per heavy atom. The molecule has 0 bridgehead atoms. The molecule has 0 radical (unpaired) electrons. The Hall–Kier alpha value is -2.41. The number of aromatic nitrogens is 5. The number of hydrogen-bond acceptors (Lipinski definition) is 7. The average Bonchev–Trinajstić information content (AvgIpc) is 2.98. The number of nitrogens with one attached hydrogen (secondary N) is 2. The molecule has 0 saturated carbocycles. The van der Waals surface area contributed by atoms with Crippen LogP contribution < -0.4 is 15.4 Å². The van der Waals surface area contributed by atoms with Crippen molar-refractivity contribution < 1.29 is 14.6 Å². The van der Waals surface area contributed by atoms with Crippen molar-refractivity contribution in [2.45, 2.75) is 26.3 Å². The summed E-state index contributed by atoms with van der Waals surface area (Å²) >= 11 is 8.02. The normalized spacial score (nSPS) is 10.9. The van der Waals surface area contributed by atoms with Crippen LogP contribution in [0.4, 0.5) is 16.6 Å². The van der Waals surface area contributed by atoms with Gasteiger partial charge >= 0.3 is 6.09 Å². The zero-order valence-corrected chi connectivity index (χ0v) is 18.7. The number of anilines is 2. The zero-order valence-electron chi connectivity index (χ0n) is 15.7. The van der Waals surface area contributed by atoms with Crippen LogP contribution in [0.3, 0.4) is 0 Å². The Morgan fingerprint density at radius 1 is 1.41 bits per heavy atom. The van der Waals surface area contributed by atoms with E-state index >= 15 is 0 Å². The van der Waals surface area contributed by atoms with Gasteiger partial charge in [-0.2, -0.15) is 10.1 Å². The van der Waals surface area contributed by atoms with Crippen molar-refractivity contribution >= 4 is 63.1 Å². The smallest absolute Gasteiger partial charge is 0.411 e. The lowest BCUT2D eigenvalue weighted by atomic mass is 10.2. The fraction of sp³-hybridized carbons (Fsp3) is 0.353. The first-order chi connectivity index (χ1) is 13.9. The number of amides is 1. The van der Waals surface area contributed by atoms with Gasteiger partial charge in [0.25, 0.3) is 0 Å². The maximum absolute atomic E-state index is 11.0. The summed E-state index contributed by atoms with van der Waals surface area (Å²) in [5, 5.41) is 19.4. The zero-order chi connectivity index (χ0) is 21.0. The quantitative estimate of drug-likeness (QED) is 0.227. The van der Waals surface area contributed by atoms with E-state index in [0.717, 1.165) is 18.4 Å². The lowest BCUT2D eigenvalue weighted by Crippen LogP contribution is -2.14. The first kappa shape index (κ1) is 21.3. The summed E-state index contributed by atoms with van der Waals surface area (Å²) in [6.45, 7) is 3.12. The fourth-order valence-electron chi connectivity index (χ4n) is 2.73. The molecule has 3 rings (SSSR count). The van der Waals surface area contributed by atoms with Crippen LogP contribution in [0.1, 0.15) is 25.3 Å². The number of halogens is 2. The van der Waals surface area contributed by atoms with E-state index in [2.05, 4.69) is 60.2 Å². The Bertz CT molecular complexity index is 1040. The highest BCUT2D eigenvalue weighted by molar-refractivity contribution is 14.1. The van der Waals surface area contributed by atoms with Gasteiger partial charge in [0.2, 0.25) is 5.95 Å². The van der Waals surface area contributed by atoms with Gasteiger partial charge in [0, 0.05) is 24.4 Å². The van der Waals surface area contributed by atoms with E-state index < -0.39 is 6.09 Å². The van der Waals surface area contributed by atoms with E-state index in [1.54, 1.807) is 24.1 Å². The number of ether oxygens (including phenoxy) is 1. The molecule has 0 saturated heterocycles. The van der Waals surface area contributed by atoms with Gasteiger partial charge in [-0.15, -0.1) is 0 Å². The monoisotopic (exact) mass is 531 g/mol. The van der Waals surface area contributed by atoms with Crippen LogP contribution in [0.5, 0.6) is 5.75 Å². The van der Waals surface area contributed by atoms with Crippen LogP contribution in [-0.4, -0.2) is 49.6 Å². The molecule has 3 aromatic rings. The number of fused-ring (bicyclic) bond motifs is 1. The fourth-order valence-corrected chi connectivity index (χ4v) is 3.52. The van der Waals surface area contributed by atoms with Crippen LogP contribution in [0, 0.1) is 3.70 Å². The molecule has 0 atom stereocenters. The Morgan fingerprint density at radius 3 is 2.90 bits per heavy atom. The second-order valence-corrected chi connectivity index (χ2v) is 7.48. The van der Waals surface area contributed by atoms with E-state index in [9.17, 15) is 4.79 Å². The topological polar surface area (TPSA) is 127 Å². The summed E-state index contributed by atoms with van der Waals surface area (Å²) in [4.78, 5) is 23.8. The number of carbonyl (C=O) groups is 1. The predicted molar refractivity (Wildman–Crippen MR) is 118 cm³/mol. The maximum atomic E-state index is 11.0. The number of hydrogen-bond donors (Lipinski definition) is 3. The molecular formula is C17H19ClIN7O3. The van der Waals surface area contributed by atoms with Gasteiger partial charge in [-0.25, -0.2) is 14.8 Å².